The number of aryl methyl sites for hydroxylation is 1. The summed E-state index contributed by atoms with van der Waals surface area (Å²) in [6, 6.07) is 10.6. The Bertz CT molecular complexity index is 1120. The Morgan fingerprint density at radius 3 is 2.09 bits per heavy atom. The first kappa shape index (κ1) is 21.4. The number of fused-ring (bicyclic) bond motifs is 2. The van der Waals surface area contributed by atoms with Crippen molar-refractivity contribution < 1.29 is 28.7 Å². The van der Waals surface area contributed by atoms with Gasteiger partial charge in [0, 0.05) is 6.54 Å². The van der Waals surface area contributed by atoms with Crippen molar-refractivity contribution in [1.82, 2.24) is 9.80 Å². The number of nitrogens with zero attached hydrogens (tertiary/aromatic N) is 2. The van der Waals surface area contributed by atoms with Gasteiger partial charge in [-0.3, -0.25) is 29.0 Å². The van der Waals surface area contributed by atoms with Crippen LogP contribution in [-0.4, -0.2) is 58.6 Å². The van der Waals surface area contributed by atoms with Gasteiger partial charge >= 0.3 is 5.97 Å². The van der Waals surface area contributed by atoms with Crippen LogP contribution in [0, 0.1) is 6.92 Å². The molecule has 4 amide bonds. The molecule has 0 aromatic heterocycles. The molecule has 1 unspecified atom stereocenters. The topological polar surface area (TPSA) is 101 Å². The van der Waals surface area contributed by atoms with Crippen LogP contribution in [0.2, 0.25) is 0 Å². The lowest BCUT2D eigenvalue weighted by molar-refractivity contribution is -0.147. The van der Waals surface area contributed by atoms with Crippen LogP contribution in [-0.2, 0) is 9.53 Å². The molecule has 0 bridgehead atoms. The van der Waals surface area contributed by atoms with E-state index in [1.807, 2.05) is 6.92 Å². The number of amides is 4. The van der Waals surface area contributed by atoms with Crippen molar-refractivity contribution in [3.63, 3.8) is 0 Å². The van der Waals surface area contributed by atoms with Crippen LogP contribution in [0.5, 0.6) is 0 Å². The molecule has 0 radical (unpaired) electrons. The highest BCUT2D eigenvalue weighted by Crippen LogP contribution is 2.26. The number of benzene rings is 2. The highest BCUT2D eigenvalue weighted by atomic mass is 16.5. The van der Waals surface area contributed by atoms with E-state index in [-0.39, 0.29) is 36.1 Å². The molecular weight excluding hydrogens is 412 g/mol. The predicted octanol–water partition coefficient (Wildman–Crippen LogP) is 2.60. The average Bonchev–Trinajstić information content (AvgIpc) is 3.17. The summed E-state index contributed by atoms with van der Waals surface area (Å²) in [5.41, 5.74) is 2.21. The molecule has 2 heterocycles. The van der Waals surface area contributed by atoms with Crippen molar-refractivity contribution in [3.05, 3.63) is 70.3 Å². The maximum absolute atomic E-state index is 12.6. The fourth-order valence-electron chi connectivity index (χ4n) is 3.94. The molecule has 0 saturated carbocycles. The summed E-state index contributed by atoms with van der Waals surface area (Å²) in [6.45, 7) is 3.54. The highest BCUT2D eigenvalue weighted by molar-refractivity contribution is 6.23. The molecule has 0 fully saturated rings. The lowest BCUT2D eigenvalue weighted by Gasteiger charge is -2.21. The van der Waals surface area contributed by atoms with Crippen molar-refractivity contribution in [1.29, 1.82) is 0 Å². The number of hydrogen-bond acceptors (Lipinski definition) is 6. The molecule has 8 nitrogen and oxygen atoms in total. The molecule has 0 spiro atoms. The summed E-state index contributed by atoms with van der Waals surface area (Å²) in [6.07, 6.45) is 0.882. The lowest BCUT2D eigenvalue weighted by atomic mass is 10.1. The van der Waals surface area contributed by atoms with E-state index >= 15 is 0 Å². The van der Waals surface area contributed by atoms with Gasteiger partial charge in [0.2, 0.25) is 0 Å². The van der Waals surface area contributed by atoms with Gasteiger partial charge in [0.15, 0.2) is 0 Å². The van der Waals surface area contributed by atoms with E-state index in [0.717, 1.165) is 10.5 Å². The Labute approximate surface area is 184 Å². The Morgan fingerprint density at radius 2 is 1.44 bits per heavy atom. The summed E-state index contributed by atoms with van der Waals surface area (Å²) in [7, 11) is 0. The Hall–Kier alpha value is -3.81. The van der Waals surface area contributed by atoms with Crippen molar-refractivity contribution in [3.8, 4) is 0 Å². The van der Waals surface area contributed by atoms with Crippen LogP contribution in [0.3, 0.4) is 0 Å². The number of rotatable bonds is 7. The van der Waals surface area contributed by atoms with Crippen LogP contribution in [0.1, 0.15) is 66.8 Å². The number of unbranched alkanes of at least 4 members (excludes halogenated alkanes) is 1. The quantitative estimate of drug-likeness (QED) is 0.377. The van der Waals surface area contributed by atoms with E-state index in [0.29, 0.717) is 24.0 Å². The van der Waals surface area contributed by atoms with Gasteiger partial charge in [-0.1, -0.05) is 23.8 Å². The zero-order chi connectivity index (χ0) is 23.0. The van der Waals surface area contributed by atoms with Gasteiger partial charge in [0.25, 0.3) is 23.6 Å². The van der Waals surface area contributed by atoms with Gasteiger partial charge in [-0.25, -0.2) is 4.79 Å². The first-order valence-corrected chi connectivity index (χ1v) is 10.4. The first-order valence-electron chi connectivity index (χ1n) is 10.4. The molecule has 0 saturated heterocycles. The zero-order valence-electron chi connectivity index (χ0n) is 17.8. The number of carbonyl (C=O) groups is 5. The summed E-state index contributed by atoms with van der Waals surface area (Å²) in [4.78, 5) is 64.4. The third kappa shape index (κ3) is 3.57. The van der Waals surface area contributed by atoms with E-state index in [2.05, 4.69) is 0 Å². The molecule has 2 aliphatic heterocycles. The lowest BCUT2D eigenvalue weighted by Crippen LogP contribution is -2.43. The zero-order valence-corrected chi connectivity index (χ0v) is 17.8. The number of carbonyl (C=O) groups excluding carboxylic acids is 5. The maximum Gasteiger partial charge on any atom is 0.329 e. The van der Waals surface area contributed by atoms with Crippen LogP contribution < -0.4 is 0 Å². The van der Waals surface area contributed by atoms with E-state index < -0.39 is 23.8 Å². The van der Waals surface area contributed by atoms with E-state index in [1.54, 1.807) is 42.5 Å². The Balaban J connectivity index is 1.26. The smallest absolute Gasteiger partial charge is 0.329 e. The van der Waals surface area contributed by atoms with Crippen LogP contribution >= 0.6 is 0 Å². The van der Waals surface area contributed by atoms with Crippen molar-refractivity contribution in [2.75, 3.05) is 13.2 Å². The van der Waals surface area contributed by atoms with Crippen molar-refractivity contribution in [2.24, 2.45) is 0 Å². The number of hydrogen-bond donors (Lipinski definition) is 0. The minimum atomic E-state index is -1.06. The standard InChI is InChI=1S/C24H22N2O6/c1-14-9-10-18-19(13-14)23(30)26(22(18)29)15(2)24(31)32-12-6-5-11-25-20(27)16-7-3-4-8-17(16)21(25)28/h3-4,7-10,13,15H,5-6,11-12H2,1-2H3. The van der Waals surface area contributed by atoms with Crippen LogP contribution in [0.4, 0.5) is 0 Å². The normalized spacial score (nSPS) is 15.8. The molecule has 8 heteroatoms. The fourth-order valence-corrected chi connectivity index (χ4v) is 3.94. The molecule has 164 valence electrons. The molecular formula is C24H22N2O6. The largest absolute Gasteiger partial charge is 0.464 e. The molecule has 0 N–H and O–H groups in total. The summed E-state index contributed by atoms with van der Waals surface area (Å²) < 4.78 is 5.24. The van der Waals surface area contributed by atoms with Crippen LogP contribution in [0.25, 0.3) is 0 Å². The third-order valence-electron chi connectivity index (χ3n) is 5.70. The van der Waals surface area contributed by atoms with E-state index in [9.17, 15) is 24.0 Å². The monoisotopic (exact) mass is 434 g/mol. The molecule has 1 atom stereocenters. The second-order valence-electron chi connectivity index (χ2n) is 7.89. The average molecular weight is 434 g/mol. The van der Waals surface area contributed by atoms with Gasteiger partial charge in [0.05, 0.1) is 28.9 Å². The summed E-state index contributed by atoms with van der Waals surface area (Å²) in [5.74, 6) is -2.35. The van der Waals surface area contributed by atoms with Gasteiger partial charge in [0.1, 0.15) is 6.04 Å². The first-order chi connectivity index (χ1) is 15.3. The Kier molecular flexibility index (Phi) is 5.61. The number of ether oxygens (including phenoxy) is 1. The van der Waals surface area contributed by atoms with Crippen LogP contribution in [0.15, 0.2) is 42.5 Å². The molecule has 2 aromatic carbocycles. The summed E-state index contributed by atoms with van der Waals surface area (Å²) in [5, 5.41) is 0. The van der Waals surface area contributed by atoms with Gasteiger partial charge in [-0.05, 0) is 51.0 Å². The summed E-state index contributed by atoms with van der Waals surface area (Å²) >= 11 is 0. The number of imide groups is 2. The Morgan fingerprint density at radius 1 is 0.844 bits per heavy atom. The SMILES string of the molecule is Cc1ccc2c(c1)C(=O)N(C(C)C(=O)OCCCCN1C(=O)c3ccccc3C1=O)C2=O. The third-order valence-corrected chi connectivity index (χ3v) is 5.70. The van der Waals surface area contributed by atoms with Crippen molar-refractivity contribution in [2.45, 2.75) is 32.7 Å². The second-order valence-corrected chi connectivity index (χ2v) is 7.89. The van der Waals surface area contributed by atoms with E-state index in [1.165, 1.54) is 11.8 Å². The predicted molar refractivity (Wildman–Crippen MR) is 113 cm³/mol. The second kappa shape index (κ2) is 8.37. The van der Waals surface area contributed by atoms with E-state index in [4.69, 9.17) is 4.74 Å². The number of esters is 1. The maximum atomic E-state index is 12.6. The molecule has 2 aromatic rings. The van der Waals surface area contributed by atoms with Gasteiger partial charge in [-0.2, -0.15) is 0 Å². The van der Waals surface area contributed by atoms with Gasteiger partial charge in [-0.15, -0.1) is 0 Å². The van der Waals surface area contributed by atoms with Crippen molar-refractivity contribution >= 4 is 29.6 Å². The van der Waals surface area contributed by atoms with Gasteiger partial charge < -0.3 is 4.74 Å². The molecule has 4 rings (SSSR count). The fraction of sp³-hybridized carbons (Fsp3) is 0.292. The minimum absolute atomic E-state index is 0.0502. The highest BCUT2D eigenvalue weighted by Gasteiger charge is 2.41. The molecule has 0 aliphatic carbocycles. The minimum Gasteiger partial charge on any atom is -0.464 e. The molecule has 32 heavy (non-hydrogen) atoms. The molecule has 2 aliphatic rings.